The molecule has 0 radical (unpaired) electrons. The Hall–Kier alpha value is -2.67. The fourth-order valence-electron chi connectivity index (χ4n) is 2.68. The number of hydrogen-bond donors (Lipinski definition) is 1. The van der Waals surface area contributed by atoms with Crippen molar-refractivity contribution in [2.75, 3.05) is 12.4 Å². The van der Waals surface area contributed by atoms with Crippen molar-refractivity contribution < 1.29 is 14.1 Å². The third-order valence-corrected chi connectivity index (χ3v) is 4.91. The van der Waals surface area contributed by atoms with Crippen LogP contribution in [-0.2, 0) is 0 Å². The molecule has 2 heterocycles. The first kappa shape index (κ1) is 18.1. The molecule has 0 unspecified atom stereocenters. The van der Waals surface area contributed by atoms with Gasteiger partial charge >= 0.3 is 0 Å². The van der Waals surface area contributed by atoms with E-state index in [1.807, 2.05) is 45.0 Å². The number of carbonyl (C=O) groups is 1. The molecule has 0 aliphatic rings. The summed E-state index contributed by atoms with van der Waals surface area (Å²) in [6.07, 6.45) is 0. The molecule has 3 aromatic rings. The SMILES string of the molecule is COc1ccc(-c2nc(NC(=O)c3c(C)noc3C(C)C)sc2C)cc1. The molecule has 0 spiro atoms. The molecule has 7 heteroatoms. The molecule has 2 aromatic heterocycles. The van der Waals surface area contributed by atoms with Crippen molar-refractivity contribution in [2.24, 2.45) is 0 Å². The highest BCUT2D eigenvalue weighted by molar-refractivity contribution is 7.16. The van der Waals surface area contributed by atoms with Gasteiger partial charge in [-0.15, -0.1) is 11.3 Å². The van der Waals surface area contributed by atoms with E-state index in [2.05, 4.69) is 15.5 Å². The summed E-state index contributed by atoms with van der Waals surface area (Å²) in [4.78, 5) is 18.3. The van der Waals surface area contributed by atoms with Crippen LogP contribution < -0.4 is 10.1 Å². The molecule has 26 heavy (non-hydrogen) atoms. The minimum absolute atomic E-state index is 0.0739. The van der Waals surface area contributed by atoms with Gasteiger partial charge in [-0.25, -0.2) is 4.98 Å². The molecule has 0 saturated heterocycles. The minimum Gasteiger partial charge on any atom is -0.497 e. The number of rotatable bonds is 5. The lowest BCUT2D eigenvalue weighted by atomic mass is 10.0. The Bertz CT molecular complexity index is 926. The number of methoxy groups -OCH3 is 1. The van der Waals surface area contributed by atoms with Gasteiger partial charge in [0.2, 0.25) is 0 Å². The summed E-state index contributed by atoms with van der Waals surface area (Å²) >= 11 is 1.44. The number of amides is 1. The zero-order chi connectivity index (χ0) is 18.8. The van der Waals surface area contributed by atoms with Crippen LogP contribution in [0.15, 0.2) is 28.8 Å². The zero-order valence-electron chi connectivity index (χ0n) is 15.4. The summed E-state index contributed by atoms with van der Waals surface area (Å²) in [6.45, 7) is 7.68. The Morgan fingerprint density at radius 3 is 2.54 bits per heavy atom. The number of thiazole rings is 1. The number of carbonyl (C=O) groups excluding carboxylic acids is 1. The fourth-order valence-corrected chi connectivity index (χ4v) is 3.51. The van der Waals surface area contributed by atoms with Crippen LogP contribution in [0, 0.1) is 13.8 Å². The summed E-state index contributed by atoms with van der Waals surface area (Å²) in [5.74, 6) is 1.20. The van der Waals surface area contributed by atoms with Gasteiger partial charge in [-0.05, 0) is 38.1 Å². The molecular weight excluding hydrogens is 350 g/mol. The van der Waals surface area contributed by atoms with E-state index in [-0.39, 0.29) is 11.8 Å². The predicted octanol–water partition coefficient (Wildman–Crippen LogP) is 4.80. The van der Waals surface area contributed by atoms with E-state index >= 15 is 0 Å². The van der Waals surface area contributed by atoms with E-state index in [1.54, 1.807) is 14.0 Å². The molecule has 0 aliphatic heterocycles. The number of anilines is 1. The highest BCUT2D eigenvalue weighted by Crippen LogP contribution is 2.32. The summed E-state index contributed by atoms with van der Waals surface area (Å²) in [5, 5.41) is 7.35. The maximum Gasteiger partial charge on any atom is 0.262 e. The van der Waals surface area contributed by atoms with E-state index in [9.17, 15) is 4.79 Å². The molecule has 0 fully saturated rings. The van der Waals surface area contributed by atoms with Gasteiger partial charge in [0.05, 0.1) is 18.5 Å². The van der Waals surface area contributed by atoms with Crippen molar-refractivity contribution in [1.29, 1.82) is 0 Å². The van der Waals surface area contributed by atoms with E-state index in [0.29, 0.717) is 22.1 Å². The number of aromatic nitrogens is 2. The first-order chi connectivity index (χ1) is 12.4. The van der Waals surface area contributed by atoms with Crippen molar-refractivity contribution in [3.63, 3.8) is 0 Å². The second-order valence-corrected chi connectivity index (χ2v) is 7.47. The van der Waals surface area contributed by atoms with Crippen molar-refractivity contribution in [3.05, 3.63) is 46.2 Å². The molecule has 3 rings (SSSR count). The average Bonchev–Trinajstić information content (AvgIpc) is 3.17. The first-order valence-electron chi connectivity index (χ1n) is 8.30. The van der Waals surface area contributed by atoms with Crippen molar-refractivity contribution in [2.45, 2.75) is 33.6 Å². The second-order valence-electron chi connectivity index (χ2n) is 6.27. The van der Waals surface area contributed by atoms with Crippen molar-refractivity contribution in [1.82, 2.24) is 10.1 Å². The summed E-state index contributed by atoms with van der Waals surface area (Å²) in [7, 11) is 1.63. The lowest BCUT2D eigenvalue weighted by Crippen LogP contribution is -2.14. The van der Waals surface area contributed by atoms with E-state index in [1.165, 1.54) is 11.3 Å². The summed E-state index contributed by atoms with van der Waals surface area (Å²) < 4.78 is 10.5. The standard InChI is InChI=1S/C19H21N3O3S/c1-10(2)17-15(11(3)22-25-17)18(23)21-19-20-16(12(4)26-19)13-6-8-14(24-5)9-7-13/h6-10H,1-5H3,(H,20,21,23). The highest BCUT2D eigenvalue weighted by Gasteiger charge is 2.23. The number of aryl methyl sites for hydroxylation is 2. The maximum atomic E-state index is 12.7. The Kier molecular flexibility index (Phi) is 5.08. The lowest BCUT2D eigenvalue weighted by Gasteiger charge is -2.04. The molecule has 0 saturated carbocycles. The van der Waals surface area contributed by atoms with Gasteiger partial charge in [-0.3, -0.25) is 10.1 Å². The van der Waals surface area contributed by atoms with Crippen LogP contribution >= 0.6 is 11.3 Å². The van der Waals surface area contributed by atoms with Gasteiger partial charge < -0.3 is 9.26 Å². The molecule has 136 valence electrons. The van der Waals surface area contributed by atoms with E-state index in [4.69, 9.17) is 9.26 Å². The maximum absolute atomic E-state index is 12.7. The van der Waals surface area contributed by atoms with Gasteiger partial charge in [0.1, 0.15) is 11.3 Å². The molecule has 1 N–H and O–H groups in total. The quantitative estimate of drug-likeness (QED) is 0.697. The van der Waals surface area contributed by atoms with Crippen LogP contribution in [0.1, 0.15) is 46.5 Å². The van der Waals surface area contributed by atoms with Crippen LogP contribution in [0.3, 0.4) is 0 Å². The van der Waals surface area contributed by atoms with Crippen LogP contribution in [0.4, 0.5) is 5.13 Å². The zero-order valence-corrected chi connectivity index (χ0v) is 16.2. The van der Waals surface area contributed by atoms with E-state index < -0.39 is 0 Å². The number of hydrogen-bond acceptors (Lipinski definition) is 6. The average molecular weight is 371 g/mol. The highest BCUT2D eigenvalue weighted by atomic mass is 32.1. The van der Waals surface area contributed by atoms with Gasteiger partial charge in [-0.1, -0.05) is 19.0 Å². The second kappa shape index (κ2) is 7.29. The Labute approximate surface area is 156 Å². The van der Waals surface area contributed by atoms with Crippen molar-refractivity contribution in [3.8, 4) is 17.0 Å². The molecule has 1 aromatic carbocycles. The first-order valence-corrected chi connectivity index (χ1v) is 9.11. The van der Waals surface area contributed by atoms with Gasteiger partial charge in [0.15, 0.2) is 10.9 Å². The molecule has 0 bridgehead atoms. The number of nitrogens with one attached hydrogen (secondary N) is 1. The number of benzene rings is 1. The fraction of sp³-hybridized carbons (Fsp3) is 0.316. The van der Waals surface area contributed by atoms with Gasteiger partial charge in [0.25, 0.3) is 5.91 Å². The lowest BCUT2D eigenvalue weighted by molar-refractivity contribution is 0.102. The Morgan fingerprint density at radius 2 is 1.92 bits per heavy atom. The smallest absolute Gasteiger partial charge is 0.262 e. The van der Waals surface area contributed by atoms with E-state index in [0.717, 1.165) is 21.9 Å². The van der Waals surface area contributed by atoms with Crippen LogP contribution in [0.25, 0.3) is 11.3 Å². The summed E-state index contributed by atoms with van der Waals surface area (Å²) in [6, 6.07) is 7.69. The van der Waals surface area contributed by atoms with Crippen LogP contribution in [0.5, 0.6) is 5.75 Å². The third-order valence-electron chi connectivity index (χ3n) is 4.02. The van der Waals surface area contributed by atoms with Crippen molar-refractivity contribution >= 4 is 22.4 Å². The normalized spacial score (nSPS) is 11.0. The minimum atomic E-state index is -0.248. The van der Waals surface area contributed by atoms with Gasteiger partial charge in [-0.2, -0.15) is 0 Å². The molecule has 1 amide bonds. The Morgan fingerprint density at radius 1 is 1.23 bits per heavy atom. The van der Waals surface area contributed by atoms with Crippen LogP contribution in [-0.4, -0.2) is 23.2 Å². The predicted molar refractivity (Wildman–Crippen MR) is 102 cm³/mol. The number of nitrogens with zero attached hydrogens (tertiary/aromatic N) is 2. The van der Waals surface area contributed by atoms with Crippen LogP contribution in [0.2, 0.25) is 0 Å². The summed E-state index contributed by atoms with van der Waals surface area (Å²) in [5.41, 5.74) is 2.89. The largest absolute Gasteiger partial charge is 0.497 e. The van der Waals surface area contributed by atoms with Gasteiger partial charge in [0, 0.05) is 16.4 Å². The molecule has 0 atom stereocenters. The third kappa shape index (κ3) is 3.48. The molecule has 6 nitrogen and oxygen atoms in total. The number of ether oxygens (including phenoxy) is 1. The Balaban J connectivity index is 1.85. The molecular formula is C19H21N3O3S. The topological polar surface area (TPSA) is 77.2 Å². The monoisotopic (exact) mass is 371 g/mol. The molecule has 0 aliphatic carbocycles.